The van der Waals surface area contributed by atoms with Crippen LogP contribution in [0.25, 0.3) is 0 Å². The molecule has 1 unspecified atom stereocenters. The Morgan fingerprint density at radius 3 is 2.32 bits per heavy atom. The molecule has 1 atom stereocenters. The van der Waals surface area contributed by atoms with E-state index in [0.29, 0.717) is 0 Å². The molecule has 0 bridgehead atoms. The first-order chi connectivity index (χ1) is 9.06. The number of hydrogen-bond acceptors (Lipinski definition) is 3. The second-order valence-electron chi connectivity index (χ2n) is 4.82. The largest absolute Gasteiger partial charge is 0.496 e. The molecule has 2 aromatic rings. The maximum Gasteiger partial charge on any atom is 0.124 e. The molecule has 102 valence electrons. The molecule has 1 aromatic carbocycles. The van der Waals surface area contributed by atoms with Crippen molar-refractivity contribution in [1.82, 2.24) is 0 Å². The van der Waals surface area contributed by atoms with Crippen molar-refractivity contribution in [3.63, 3.8) is 0 Å². The molecule has 3 heteroatoms. The molecule has 0 spiro atoms. The molecule has 0 amide bonds. The van der Waals surface area contributed by atoms with E-state index in [2.05, 4.69) is 45.0 Å². The van der Waals surface area contributed by atoms with Crippen LogP contribution in [0.15, 0.2) is 24.3 Å². The van der Waals surface area contributed by atoms with E-state index in [4.69, 9.17) is 10.5 Å². The van der Waals surface area contributed by atoms with Gasteiger partial charge in [-0.05, 0) is 49.1 Å². The lowest BCUT2D eigenvalue weighted by Crippen LogP contribution is -2.11. The first-order valence-corrected chi connectivity index (χ1v) is 7.37. The van der Waals surface area contributed by atoms with Gasteiger partial charge in [-0.15, -0.1) is 11.3 Å². The van der Waals surface area contributed by atoms with Gasteiger partial charge < -0.3 is 10.5 Å². The molecule has 1 aromatic heterocycles. The van der Waals surface area contributed by atoms with Gasteiger partial charge in [-0.2, -0.15) is 0 Å². The highest BCUT2D eigenvalue weighted by Crippen LogP contribution is 2.31. The van der Waals surface area contributed by atoms with Crippen LogP contribution >= 0.6 is 11.3 Å². The van der Waals surface area contributed by atoms with E-state index < -0.39 is 0 Å². The average Bonchev–Trinajstić information content (AvgIpc) is 2.86. The number of methoxy groups -OCH3 is 1. The van der Waals surface area contributed by atoms with E-state index in [1.54, 1.807) is 18.4 Å². The third kappa shape index (κ3) is 2.82. The Morgan fingerprint density at radius 2 is 1.84 bits per heavy atom. The average molecular weight is 275 g/mol. The molecule has 0 saturated carbocycles. The summed E-state index contributed by atoms with van der Waals surface area (Å²) in [5, 5.41) is 0. The number of nitrogens with two attached hydrogens (primary N) is 1. The predicted molar refractivity (Wildman–Crippen MR) is 82.2 cm³/mol. The zero-order chi connectivity index (χ0) is 14.0. The third-order valence-electron chi connectivity index (χ3n) is 3.38. The van der Waals surface area contributed by atoms with Gasteiger partial charge in [0.25, 0.3) is 0 Å². The molecule has 19 heavy (non-hydrogen) atoms. The van der Waals surface area contributed by atoms with Crippen LogP contribution in [0, 0.1) is 13.8 Å². The highest BCUT2D eigenvalue weighted by atomic mass is 32.1. The van der Waals surface area contributed by atoms with Crippen LogP contribution in [0.3, 0.4) is 0 Å². The summed E-state index contributed by atoms with van der Waals surface area (Å²) >= 11 is 1.80. The highest BCUT2D eigenvalue weighted by Gasteiger charge is 2.14. The standard InChI is InChI=1S/C16H21NOS/c1-5-13-6-7-14(19-13)15(17)12-8-10(2)16(18-4)11(3)9-12/h6-9,15H,5,17H2,1-4H3. The van der Waals surface area contributed by atoms with Crippen molar-refractivity contribution in [2.24, 2.45) is 5.73 Å². The van der Waals surface area contributed by atoms with Crippen molar-refractivity contribution in [1.29, 1.82) is 0 Å². The van der Waals surface area contributed by atoms with Crippen molar-refractivity contribution in [3.8, 4) is 5.75 Å². The fourth-order valence-electron chi connectivity index (χ4n) is 2.40. The van der Waals surface area contributed by atoms with Crippen LogP contribution in [0.1, 0.15) is 39.4 Å². The molecule has 0 aliphatic heterocycles. The zero-order valence-electron chi connectivity index (χ0n) is 12.0. The molecule has 0 fully saturated rings. The summed E-state index contributed by atoms with van der Waals surface area (Å²) in [6.07, 6.45) is 1.07. The van der Waals surface area contributed by atoms with E-state index in [9.17, 15) is 0 Å². The Balaban J connectivity index is 2.36. The first kappa shape index (κ1) is 14.1. The van der Waals surface area contributed by atoms with E-state index in [0.717, 1.165) is 28.9 Å². The van der Waals surface area contributed by atoms with Crippen LogP contribution in [0.4, 0.5) is 0 Å². The number of thiophene rings is 1. The maximum atomic E-state index is 6.38. The van der Waals surface area contributed by atoms with Gasteiger partial charge in [-0.3, -0.25) is 0 Å². The van der Waals surface area contributed by atoms with Crippen molar-refractivity contribution in [2.45, 2.75) is 33.2 Å². The Hall–Kier alpha value is -1.32. The first-order valence-electron chi connectivity index (χ1n) is 6.56. The van der Waals surface area contributed by atoms with Crippen LogP contribution in [-0.2, 0) is 6.42 Å². The van der Waals surface area contributed by atoms with Crippen LogP contribution in [0.2, 0.25) is 0 Å². The molecule has 0 aliphatic carbocycles. The topological polar surface area (TPSA) is 35.2 Å². The molecular weight excluding hydrogens is 254 g/mol. The minimum absolute atomic E-state index is 0.0476. The number of aryl methyl sites for hydroxylation is 3. The number of ether oxygens (including phenoxy) is 1. The van der Waals surface area contributed by atoms with Gasteiger partial charge in [0.2, 0.25) is 0 Å². The Kier molecular flexibility index (Phi) is 4.27. The highest BCUT2D eigenvalue weighted by molar-refractivity contribution is 7.12. The minimum Gasteiger partial charge on any atom is -0.496 e. The molecule has 0 aliphatic rings. The second-order valence-corrected chi connectivity index (χ2v) is 6.02. The zero-order valence-corrected chi connectivity index (χ0v) is 12.8. The molecule has 2 N–H and O–H groups in total. The summed E-state index contributed by atoms with van der Waals surface area (Å²) < 4.78 is 5.40. The summed E-state index contributed by atoms with van der Waals surface area (Å²) in [6, 6.07) is 8.52. The lowest BCUT2D eigenvalue weighted by atomic mass is 10.00. The summed E-state index contributed by atoms with van der Waals surface area (Å²) in [6.45, 7) is 6.30. The molecule has 2 rings (SSSR count). The summed E-state index contributed by atoms with van der Waals surface area (Å²) in [5.74, 6) is 0.955. The SMILES string of the molecule is CCc1ccc(C(N)c2cc(C)c(OC)c(C)c2)s1. The summed E-state index contributed by atoms with van der Waals surface area (Å²) in [4.78, 5) is 2.60. The lowest BCUT2D eigenvalue weighted by Gasteiger charge is -2.15. The molecule has 0 saturated heterocycles. The molecule has 1 heterocycles. The van der Waals surface area contributed by atoms with Crippen molar-refractivity contribution in [2.75, 3.05) is 7.11 Å². The fourth-order valence-corrected chi connectivity index (χ4v) is 3.38. The third-order valence-corrected chi connectivity index (χ3v) is 4.70. The number of rotatable bonds is 4. The fraction of sp³-hybridized carbons (Fsp3) is 0.375. The van der Waals surface area contributed by atoms with Gasteiger partial charge in [-0.1, -0.05) is 19.1 Å². The Bertz CT molecular complexity index is 551. The summed E-state index contributed by atoms with van der Waals surface area (Å²) in [7, 11) is 1.71. The molecule has 0 radical (unpaired) electrons. The van der Waals surface area contributed by atoms with Gasteiger partial charge in [0.1, 0.15) is 5.75 Å². The maximum absolute atomic E-state index is 6.38. The second kappa shape index (κ2) is 5.76. The number of hydrogen-bond donors (Lipinski definition) is 1. The van der Waals surface area contributed by atoms with Crippen molar-refractivity contribution >= 4 is 11.3 Å². The number of benzene rings is 1. The monoisotopic (exact) mass is 275 g/mol. The van der Waals surface area contributed by atoms with Gasteiger partial charge in [-0.25, -0.2) is 0 Å². The van der Waals surface area contributed by atoms with Crippen LogP contribution < -0.4 is 10.5 Å². The van der Waals surface area contributed by atoms with Crippen LogP contribution in [0.5, 0.6) is 5.75 Å². The van der Waals surface area contributed by atoms with E-state index in [1.807, 2.05) is 0 Å². The summed E-state index contributed by atoms with van der Waals surface area (Å²) in [5.41, 5.74) is 9.81. The van der Waals surface area contributed by atoms with E-state index in [-0.39, 0.29) is 6.04 Å². The predicted octanol–water partition coefficient (Wildman–Crippen LogP) is 3.98. The normalized spacial score (nSPS) is 12.5. The van der Waals surface area contributed by atoms with Gasteiger partial charge in [0.05, 0.1) is 13.2 Å². The van der Waals surface area contributed by atoms with Gasteiger partial charge in [0.15, 0.2) is 0 Å². The Morgan fingerprint density at radius 1 is 1.21 bits per heavy atom. The smallest absolute Gasteiger partial charge is 0.124 e. The quantitative estimate of drug-likeness (QED) is 0.916. The minimum atomic E-state index is -0.0476. The van der Waals surface area contributed by atoms with Gasteiger partial charge >= 0.3 is 0 Å². The molecule has 2 nitrogen and oxygen atoms in total. The molecular formula is C16H21NOS. The van der Waals surface area contributed by atoms with E-state index >= 15 is 0 Å². The lowest BCUT2D eigenvalue weighted by molar-refractivity contribution is 0.408. The van der Waals surface area contributed by atoms with Gasteiger partial charge in [0, 0.05) is 9.75 Å². The Labute approximate surface area is 119 Å². The van der Waals surface area contributed by atoms with Crippen molar-refractivity contribution < 1.29 is 4.74 Å². The van der Waals surface area contributed by atoms with E-state index in [1.165, 1.54) is 9.75 Å². The van der Waals surface area contributed by atoms with Crippen LogP contribution in [-0.4, -0.2) is 7.11 Å². The van der Waals surface area contributed by atoms with Crippen molar-refractivity contribution in [3.05, 3.63) is 50.7 Å².